The molecule has 0 atom stereocenters. The summed E-state index contributed by atoms with van der Waals surface area (Å²) in [7, 11) is 1.67. The molecule has 5 heteroatoms. The van der Waals surface area contributed by atoms with Gasteiger partial charge in [0.15, 0.2) is 0 Å². The fourth-order valence-electron chi connectivity index (χ4n) is 3.48. The zero-order valence-corrected chi connectivity index (χ0v) is 14.7. The molecule has 2 heterocycles. The Morgan fingerprint density at radius 1 is 1.15 bits per heavy atom. The first-order chi connectivity index (χ1) is 12.7. The van der Waals surface area contributed by atoms with Crippen LogP contribution in [0.5, 0.6) is 5.75 Å². The molecule has 0 N–H and O–H groups in total. The lowest BCUT2D eigenvalue weighted by atomic mass is 10.0. The van der Waals surface area contributed by atoms with Crippen LogP contribution in [0.25, 0.3) is 10.9 Å². The number of hydrogen-bond acceptors (Lipinski definition) is 4. The molecule has 1 aliphatic rings. The van der Waals surface area contributed by atoms with Gasteiger partial charge in [-0.25, -0.2) is 4.39 Å². The van der Waals surface area contributed by atoms with Crippen LogP contribution in [0, 0.1) is 5.82 Å². The number of benzene rings is 2. The maximum atomic E-state index is 14.0. The van der Waals surface area contributed by atoms with Gasteiger partial charge in [0, 0.05) is 31.1 Å². The van der Waals surface area contributed by atoms with E-state index in [9.17, 15) is 4.39 Å². The topological polar surface area (TPSA) is 34.6 Å². The molecule has 0 radical (unpaired) electrons. The SMILES string of the molecule is COc1cccc(Cc2cnc3ccc(F)cc3c2N2CCOCC2)c1. The van der Waals surface area contributed by atoms with E-state index in [4.69, 9.17) is 9.47 Å². The third-order valence-corrected chi connectivity index (χ3v) is 4.73. The minimum Gasteiger partial charge on any atom is -0.497 e. The third kappa shape index (κ3) is 3.35. The summed E-state index contributed by atoms with van der Waals surface area (Å²) in [6.45, 7) is 2.94. The van der Waals surface area contributed by atoms with Crippen molar-refractivity contribution >= 4 is 16.6 Å². The highest BCUT2D eigenvalue weighted by molar-refractivity contribution is 5.93. The monoisotopic (exact) mass is 352 g/mol. The van der Waals surface area contributed by atoms with E-state index in [1.54, 1.807) is 19.2 Å². The molecule has 4 nitrogen and oxygen atoms in total. The fourth-order valence-corrected chi connectivity index (χ4v) is 3.48. The first-order valence-electron chi connectivity index (χ1n) is 8.77. The summed E-state index contributed by atoms with van der Waals surface area (Å²) in [4.78, 5) is 6.84. The lowest BCUT2D eigenvalue weighted by Crippen LogP contribution is -2.37. The average Bonchev–Trinajstić information content (AvgIpc) is 2.68. The largest absolute Gasteiger partial charge is 0.497 e. The Bertz CT molecular complexity index is 923. The first-order valence-corrected chi connectivity index (χ1v) is 8.77. The molecule has 0 aliphatic carbocycles. The van der Waals surface area contributed by atoms with Gasteiger partial charge in [-0.1, -0.05) is 12.1 Å². The normalized spacial score (nSPS) is 14.6. The van der Waals surface area contributed by atoms with Crippen LogP contribution < -0.4 is 9.64 Å². The molecule has 1 aliphatic heterocycles. The summed E-state index contributed by atoms with van der Waals surface area (Å²) < 4.78 is 24.8. The molecule has 0 amide bonds. The van der Waals surface area contributed by atoms with Gasteiger partial charge < -0.3 is 14.4 Å². The predicted octanol–water partition coefficient (Wildman–Crippen LogP) is 3.81. The quantitative estimate of drug-likeness (QED) is 0.715. The van der Waals surface area contributed by atoms with E-state index in [1.807, 2.05) is 24.4 Å². The molecular formula is C21H21FN2O2. The number of methoxy groups -OCH3 is 1. The van der Waals surface area contributed by atoms with E-state index in [1.165, 1.54) is 6.07 Å². The molecule has 1 fully saturated rings. The standard InChI is InChI=1S/C21H21FN2O2/c1-25-18-4-2-3-15(12-18)11-16-14-23-20-6-5-17(22)13-19(20)21(16)24-7-9-26-10-8-24/h2-6,12-14H,7-11H2,1H3. The molecule has 3 aromatic rings. The summed E-state index contributed by atoms with van der Waals surface area (Å²) >= 11 is 0. The predicted molar refractivity (Wildman–Crippen MR) is 101 cm³/mol. The maximum Gasteiger partial charge on any atom is 0.124 e. The molecule has 0 bridgehead atoms. The maximum absolute atomic E-state index is 14.0. The Hall–Kier alpha value is -2.66. The number of halogens is 1. The second-order valence-corrected chi connectivity index (χ2v) is 6.42. The Kier molecular flexibility index (Phi) is 4.71. The number of hydrogen-bond donors (Lipinski definition) is 0. The number of ether oxygens (including phenoxy) is 2. The van der Waals surface area contributed by atoms with E-state index >= 15 is 0 Å². The number of morpholine rings is 1. The fraction of sp³-hybridized carbons (Fsp3) is 0.286. The number of fused-ring (bicyclic) bond motifs is 1. The van der Waals surface area contributed by atoms with Gasteiger partial charge in [0.25, 0.3) is 0 Å². The Balaban J connectivity index is 1.82. The van der Waals surface area contributed by atoms with Crippen LogP contribution in [0.2, 0.25) is 0 Å². The summed E-state index contributed by atoms with van der Waals surface area (Å²) in [6.07, 6.45) is 2.62. The molecule has 0 unspecified atom stereocenters. The summed E-state index contributed by atoms with van der Waals surface area (Å²) in [5.41, 5.74) is 4.08. The van der Waals surface area contributed by atoms with Crippen LogP contribution in [0.3, 0.4) is 0 Å². The lowest BCUT2D eigenvalue weighted by Gasteiger charge is -2.31. The van der Waals surface area contributed by atoms with Gasteiger partial charge >= 0.3 is 0 Å². The van der Waals surface area contributed by atoms with Crippen molar-refractivity contribution in [1.29, 1.82) is 0 Å². The van der Waals surface area contributed by atoms with Gasteiger partial charge in [-0.2, -0.15) is 0 Å². The second kappa shape index (κ2) is 7.30. The Morgan fingerprint density at radius 3 is 2.81 bits per heavy atom. The molecular weight excluding hydrogens is 331 g/mol. The Morgan fingerprint density at radius 2 is 2.00 bits per heavy atom. The van der Waals surface area contributed by atoms with Gasteiger partial charge in [0.05, 0.1) is 31.5 Å². The average molecular weight is 352 g/mol. The van der Waals surface area contributed by atoms with Crippen LogP contribution in [0.15, 0.2) is 48.7 Å². The number of rotatable bonds is 4. The summed E-state index contributed by atoms with van der Waals surface area (Å²) in [5, 5.41) is 0.854. The highest BCUT2D eigenvalue weighted by atomic mass is 19.1. The molecule has 1 aromatic heterocycles. The van der Waals surface area contributed by atoms with Gasteiger partial charge in [-0.3, -0.25) is 4.98 Å². The minimum atomic E-state index is -0.243. The van der Waals surface area contributed by atoms with Crippen LogP contribution in [-0.2, 0) is 11.2 Å². The van der Waals surface area contributed by atoms with Crippen molar-refractivity contribution in [3.05, 3.63) is 65.6 Å². The van der Waals surface area contributed by atoms with E-state index in [2.05, 4.69) is 16.0 Å². The van der Waals surface area contributed by atoms with E-state index in [0.717, 1.165) is 46.6 Å². The van der Waals surface area contributed by atoms with Crippen molar-refractivity contribution in [2.45, 2.75) is 6.42 Å². The highest BCUT2D eigenvalue weighted by Crippen LogP contribution is 2.32. The Labute approximate surface area is 152 Å². The molecule has 4 rings (SSSR count). The van der Waals surface area contributed by atoms with Crippen LogP contribution in [0.1, 0.15) is 11.1 Å². The first kappa shape index (κ1) is 16.8. The van der Waals surface area contributed by atoms with Crippen molar-refractivity contribution in [1.82, 2.24) is 4.98 Å². The zero-order valence-electron chi connectivity index (χ0n) is 14.7. The van der Waals surface area contributed by atoms with Gasteiger partial charge in [-0.05, 0) is 41.5 Å². The van der Waals surface area contributed by atoms with Crippen molar-refractivity contribution in [3.8, 4) is 5.75 Å². The molecule has 0 spiro atoms. The van der Waals surface area contributed by atoms with Crippen molar-refractivity contribution in [3.63, 3.8) is 0 Å². The molecule has 134 valence electrons. The van der Waals surface area contributed by atoms with Crippen LogP contribution >= 0.6 is 0 Å². The summed E-state index contributed by atoms with van der Waals surface area (Å²) in [5.74, 6) is 0.586. The van der Waals surface area contributed by atoms with Gasteiger partial charge in [0.1, 0.15) is 11.6 Å². The van der Waals surface area contributed by atoms with Crippen LogP contribution in [0.4, 0.5) is 10.1 Å². The molecule has 1 saturated heterocycles. The van der Waals surface area contributed by atoms with E-state index < -0.39 is 0 Å². The third-order valence-electron chi connectivity index (χ3n) is 4.73. The van der Waals surface area contributed by atoms with Crippen molar-refractivity contribution in [2.24, 2.45) is 0 Å². The lowest BCUT2D eigenvalue weighted by molar-refractivity contribution is 0.123. The molecule has 2 aromatic carbocycles. The van der Waals surface area contributed by atoms with E-state index in [-0.39, 0.29) is 5.82 Å². The number of nitrogens with zero attached hydrogens (tertiary/aromatic N) is 2. The van der Waals surface area contributed by atoms with Crippen molar-refractivity contribution < 1.29 is 13.9 Å². The zero-order chi connectivity index (χ0) is 17.9. The van der Waals surface area contributed by atoms with Crippen LogP contribution in [-0.4, -0.2) is 38.4 Å². The van der Waals surface area contributed by atoms with E-state index in [0.29, 0.717) is 19.6 Å². The molecule has 0 saturated carbocycles. The smallest absolute Gasteiger partial charge is 0.124 e. The summed E-state index contributed by atoms with van der Waals surface area (Å²) in [6, 6.07) is 12.8. The highest BCUT2D eigenvalue weighted by Gasteiger charge is 2.19. The van der Waals surface area contributed by atoms with Gasteiger partial charge in [0.2, 0.25) is 0 Å². The number of anilines is 1. The molecule has 26 heavy (non-hydrogen) atoms. The second-order valence-electron chi connectivity index (χ2n) is 6.42. The minimum absolute atomic E-state index is 0.243. The number of pyridine rings is 1. The number of aromatic nitrogens is 1. The van der Waals surface area contributed by atoms with Crippen molar-refractivity contribution in [2.75, 3.05) is 38.3 Å². The van der Waals surface area contributed by atoms with Gasteiger partial charge in [-0.15, -0.1) is 0 Å².